The summed E-state index contributed by atoms with van der Waals surface area (Å²) in [5.74, 6) is 0.0526. The Morgan fingerprint density at radius 1 is 1.12 bits per heavy atom. The molecular formula is C19H21IN2O2. The van der Waals surface area contributed by atoms with E-state index in [-0.39, 0.29) is 5.91 Å². The maximum atomic E-state index is 12.7. The summed E-state index contributed by atoms with van der Waals surface area (Å²) in [5.41, 5.74) is 3.12. The van der Waals surface area contributed by atoms with E-state index in [9.17, 15) is 4.79 Å². The van der Waals surface area contributed by atoms with E-state index in [0.717, 1.165) is 35.4 Å². The lowest BCUT2D eigenvalue weighted by molar-refractivity contribution is 0.0784. The second-order valence-corrected chi connectivity index (χ2v) is 7.03. The average Bonchev–Trinajstić information content (AvgIpc) is 2.63. The fraction of sp³-hybridized carbons (Fsp3) is 0.316. The minimum atomic E-state index is 0.0526. The van der Waals surface area contributed by atoms with Crippen molar-refractivity contribution in [3.63, 3.8) is 0 Å². The minimum absolute atomic E-state index is 0.0526. The van der Waals surface area contributed by atoms with Crippen molar-refractivity contribution in [2.24, 2.45) is 0 Å². The highest BCUT2D eigenvalue weighted by atomic mass is 127. The fourth-order valence-corrected chi connectivity index (χ4v) is 3.54. The van der Waals surface area contributed by atoms with E-state index >= 15 is 0 Å². The molecule has 3 rings (SSSR count). The number of ether oxygens (including phenoxy) is 1. The second kappa shape index (κ2) is 7.98. The maximum absolute atomic E-state index is 12.7. The highest BCUT2D eigenvalue weighted by Gasteiger charge is 2.18. The molecule has 1 fully saturated rings. The van der Waals surface area contributed by atoms with Crippen molar-refractivity contribution in [3.8, 4) is 0 Å². The van der Waals surface area contributed by atoms with Gasteiger partial charge in [-0.3, -0.25) is 4.79 Å². The number of benzene rings is 2. The lowest BCUT2D eigenvalue weighted by atomic mass is 10.1. The van der Waals surface area contributed by atoms with E-state index in [0.29, 0.717) is 6.54 Å². The Labute approximate surface area is 156 Å². The van der Waals surface area contributed by atoms with Crippen molar-refractivity contribution in [3.05, 3.63) is 63.2 Å². The predicted octanol–water partition coefficient (Wildman–Crippen LogP) is 3.40. The molecule has 1 aliphatic rings. The van der Waals surface area contributed by atoms with Gasteiger partial charge in [-0.05, 0) is 46.4 Å². The van der Waals surface area contributed by atoms with Crippen LogP contribution < -0.4 is 4.90 Å². The number of carbonyl (C=O) groups excluding carboxylic acids is 1. The van der Waals surface area contributed by atoms with E-state index in [1.54, 1.807) is 4.90 Å². The monoisotopic (exact) mass is 436 g/mol. The van der Waals surface area contributed by atoms with Crippen LogP contribution in [0.1, 0.15) is 15.9 Å². The molecule has 5 heteroatoms. The number of amides is 1. The molecule has 0 bridgehead atoms. The van der Waals surface area contributed by atoms with Crippen LogP contribution in [0.2, 0.25) is 0 Å². The highest BCUT2D eigenvalue weighted by molar-refractivity contribution is 14.1. The summed E-state index contributed by atoms with van der Waals surface area (Å²) in [6.45, 7) is 3.89. The van der Waals surface area contributed by atoms with Crippen molar-refractivity contribution >= 4 is 34.2 Å². The summed E-state index contributed by atoms with van der Waals surface area (Å²) < 4.78 is 6.42. The number of halogens is 1. The van der Waals surface area contributed by atoms with Crippen LogP contribution in [0.25, 0.3) is 0 Å². The molecule has 0 spiro atoms. The first-order valence-corrected chi connectivity index (χ1v) is 9.15. The molecule has 0 radical (unpaired) electrons. The van der Waals surface area contributed by atoms with Crippen LogP contribution in [-0.4, -0.2) is 44.2 Å². The molecule has 126 valence electrons. The predicted molar refractivity (Wildman–Crippen MR) is 104 cm³/mol. The van der Waals surface area contributed by atoms with Gasteiger partial charge in [-0.2, -0.15) is 0 Å². The standard InChI is InChI=1S/C19H21IN2O2/c1-21(19(23)16-7-3-4-8-17(16)20)14-15-6-2-5-9-18(15)22-10-12-24-13-11-22/h2-9H,10-14H2,1H3. The number of hydrogen-bond donors (Lipinski definition) is 0. The number of carbonyl (C=O) groups is 1. The molecule has 1 amide bonds. The molecule has 1 saturated heterocycles. The van der Waals surface area contributed by atoms with Gasteiger partial charge >= 0.3 is 0 Å². The Morgan fingerprint density at radius 3 is 2.54 bits per heavy atom. The first kappa shape index (κ1) is 17.2. The largest absolute Gasteiger partial charge is 0.378 e. The Kier molecular flexibility index (Phi) is 5.73. The quantitative estimate of drug-likeness (QED) is 0.689. The fourth-order valence-electron chi connectivity index (χ4n) is 2.92. The molecule has 24 heavy (non-hydrogen) atoms. The molecule has 0 atom stereocenters. The summed E-state index contributed by atoms with van der Waals surface area (Å²) in [5, 5.41) is 0. The number of anilines is 1. The molecular weight excluding hydrogens is 415 g/mol. The second-order valence-electron chi connectivity index (χ2n) is 5.87. The number of nitrogens with zero attached hydrogens (tertiary/aromatic N) is 2. The topological polar surface area (TPSA) is 32.8 Å². The minimum Gasteiger partial charge on any atom is -0.378 e. The molecule has 2 aromatic rings. The van der Waals surface area contributed by atoms with Crippen LogP contribution in [0.5, 0.6) is 0 Å². The van der Waals surface area contributed by atoms with Crippen molar-refractivity contribution in [1.82, 2.24) is 4.90 Å². The molecule has 0 saturated carbocycles. The van der Waals surface area contributed by atoms with Crippen LogP contribution >= 0.6 is 22.6 Å². The lowest BCUT2D eigenvalue weighted by Crippen LogP contribution is -2.37. The smallest absolute Gasteiger partial charge is 0.254 e. The van der Waals surface area contributed by atoms with Crippen molar-refractivity contribution in [2.45, 2.75) is 6.54 Å². The zero-order valence-electron chi connectivity index (χ0n) is 13.7. The SMILES string of the molecule is CN(Cc1ccccc1N1CCOCC1)C(=O)c1ccccc1I. The Hall–Kier alpha value is -1.60. The number of para-hydroxylation sites is 1. The molecule has 4 nitrogen and oxygen atoms in total. The zero-order valence-corrected chi connectivity index (χ0v) is 15.9. The summed E-state index contributed by atoms with van der Waals surface area (Å²) in [4.78, 5) is 16.9. The highest BCUT2D eigenvalue weighted by Crippen LogP contribution is 2.23. The van der Waals surface area contributed by atoms with Gasteiger partial charge in [-0.15, -0.1) is 0 Å². The summed E-state index contributed by atoms with van der Waals surface area (Å²) in [6.07, 6.45) is 0. The van der Waals surface area contributed by atoms with Gasteiger partial charge < -0.3 is 14.5 Å². The van der Waals surface area contributed by atoms with Crippen LogP contribution in [0.4, 0.5) is 5.69 Å². The third kappa shape index (κ3) is 3.89. The van der Waals surface area contributed by atoms with E-state index < -0.39 is 0 Å². The van der Waals surface area contributed by atoms with Gasteiger partial charge in [0.05, 0.1) is 18.8 Å². The normalized spacial score (nSPS) is 14.5. The van der Waals surface area contributed by atoms with Crippen LogP contribution in [-0.2, 0) is 11.3 Å². The van der Waals surface area contributed by atoms with Gasteiger partial charge in [0.25, 0.3) is 5.91 Å². The van der Waals surface area contributed by atoms with Crippen LogP contribution in [0, 0.1) is 3.57 Å². The van der Waals surface area contributed by atoms with Gasteiger partial charge in [0, 0.05) is 35.9 Å². The summed E-state index contributed by atoms with van der Waals surface area (Å²) in [6, 6.07) is 16.0. The van der Waals surface area contributed by atoms with Crippen molar-refractivity contribution in [1.29, 1.82) is 0 Å². The first-order valence-electron chi connectivity index (χ1n) is 8.07. The first-order chi connectivity index (χ1) is 11.7. The molecule has 1 aliphatic heterocycles. The molecule has 0 N–H and O–H groups in total. The van der Waals surface area contributed by atoms with E-state index in [1.807, 2.05) is 37.4 Å². The van der Waals surface area contributed by atoms with E-state index in [1.165, 1.54) is 11.3 Å². The van der Waals surface area contributed by atoms with Gasteiger partial charge in [0.2, 0.25) is 0 Å². The van der Waals surface area contributed by atoms with Gasteiger partial charge in [-0.25, -0.2) is 0 Å². The van der Waals surface area contributed by atoms with E-state index in [4.69, 9.17) is 4.74 Å². The van der Waals surface area contributed by atoms with Crippen LogP contribution in [0.3, 0.4) is 0 Å². The van der Waals surface area contributed by atoms with Crippen molar-refractivity contribution in [2.75, 3.05) is 38.3 Å². The molecule has 2 aromatic carbocycles. The van der Waals surface area contributed by atoms with E-state index in [2.05, 4.69) is 45.7 Å². The number of rotatable bonds is 4. The third-order valence-corrected chi connectivity index (χ3v) is 5.14. The van der Waals surface area contributed by atoms with Gasteiger partial charge in [-0.1, -0.05) is 30.3 Å². The maximum Gasteiger partial charge on any atom is 0.254 e. The average molecular weight is 436 g/mol. The Balaban J connectivity index is 1.78. The molecule has 0 unspecified atom stereocenters. The summed E-state index contributed by atoms with van der Waals surface area (Å²) >= 11 is 2.21. The van der Waals surface area contributed by atoms with Gasteiger partial charge in [0.1, 0.15) is 0 Å². The Bertz CT molecular complexity index is 714. The lowest BCUT2D eigenvalue weighted by Gasteiger charge is -2.31. The third-order valence-electron chi connectivity index (χ3n) is 4.20. The molecule has 1 heterocycles. The molecule has 0 aromatic heterocycles. The Morgan fingerprint density at radius 2 is 1.79 bits per heavy atom. The van der Waals surface area contributed by atoms with Gasteiger partial charge in [0.15, 0.2) is 0 Å². The van der Waals surface area contributed by atoms with Crippen molar-refractivity contribution < 1.29 is 9.53 Å². The van der Waals surface area contributed by atoms with Crippen LogP contribution in [0.15, 0.2) is 48.5 Å². The number of morpholine rings is 1. The molecule has 0 aliphatic carbocycles. The summed E-state index contributed by atoms with van der Waals surface area (Å²) in [7, 11) is 1.86. The number of hydrogen-bond acceptors (Lipinski definition) is 3. The zero-order chi connectivity index (χ0) is 16.9.